The summed E-state index contributed by atoms with van der Waals surface area (Å²) < 4.78 is 1.76. The maximum Gasteiger partial charge on any atom is 0.238 e. The first-order valence-electron chi connectivity index (χ1n) is 10.3. The van der Waals surface area contributed by atoms with Crippen LogP contribution in [-0.4, -0.2) is 24.6 Å². The lowest BCUT2D eigenvalue weighted by Gasteiger charge is -2.28. The van der Waals surface area contributed by atoms with Crippen LogP contribution in [0.25, 0.3) is 27.7 Å². The SMILES string of the molecule is CC1(C)CCCCC1.Cc1nc(N)nn2ccc(-c3ccc4nccnc4c3)c12. The van der Waals surface area contributed by atoms with Crippen LogP contribution in [-0.2, 0) is 0 Å². The van der Waals surface area contributed by atoms with Crippen molar-refractivity contribution in [3.8, 4) is 11.1 Å². The molecule has 0 aliphatic heterocycles. The van der Waals surface area contributed by atoms with Crippen molar-refractivity contribution in [2.24, 2.45) is 5.41 Å². The van der Waals surface area contributed by atoms with Gasteiger partial charge in [0.2, 0.25) is 5.95 Å². The van der Waals surface area contributed by atoms with Gasteiger partial charge in [0.05, 0.1) is 22.2 Å². The monoisotopic (exact) mass is 388 g/mol. The zero-order valence-electron chi connectivity index (χ0n) is 17.4. The Bertz CT molecular complexity index is 1140. The Balaban J connectivity index is 0.000000216. The van der Waals surface area contributed by atoms with E-state index in [1.54, 1.807) is 16.9 Å². The number of benzene rings is 1. The summed E-state index contributed by atoms with van der Waals surface area (Å²) in [4.78, 5) is 12.9. The Morgan fingerprint density at radius 3 is 2.38 bits per heavy atom. The number of nitrogens with zero attached hydrogens (tertiary/aromatic N) is 5. The van der Waals surface area contributed by atoms with E-state index in [0.717, 1.165) is 33.4 Å². The molecule has 0 amide bonds. The summed E-state index contributed by atoms with van der Waals surface area (Å²) in [5.74, 6) is 0.270. The van der Waals surface area contributed by atoms with E-state index < -0.39 is 0 Å². The van der Waals surface area contributed by atoms with E-state index >= 15 is 0 Å². The van der Waals surface area contributed by atoms with Crippen LogP contribution in [0.2, 0.25) is 0 Å². The second kappa shape index (κ2) is 7.78. The molecule has 3 aromatic heterocycles. The van der Waals surface area contributed by atoms with Crippen molar-refractivity contribution in [2.75, 3.05) is 5.73 Å². The zero-order chi connectivity index (χ0) is 20.4. The van der Waals surface area contributed by atoms with Crippen molar-refractivity contribution in [1.82, 2.24) is 24.6 Å². The Hall–Kier alpha value is -3.02. The molecular formula is C23H28N6. The van der Waals surface area contributed by atoms with Crippen LogP contribution in [0.4, 0.5) is 5.95 Å². The van der Waals surface area contributed by atoms with Crippen molar-refractivity contribution >= 4 is 22.5 Å². The molecule has 0 spiro atoms. The third-order valence-electron chi connectivity index (χ3n) is 5.69. The van der Waals surface area contributed by atoms with Gasteiger partial charge in [0.15, 0.2) is 0 Å². The van der Waals surface area contributed by atoms with Gasteiger partial charge in [0.1, 0.15) is 0 Å². The Morgan fingerprint density at radius 1 is 0.966 bits per heavy atom. The summed E-state index contributed by atoms with van der Waals surface area (Å²) in [6, 6.07) is 8.03. The minimum Gasteiger partial charge on any atom is -0.367 e. The molecule has 4 aromatic rings. The second-order valence-corrected chi connectivity index (χ2v) is 8.56. The van der Waals surface area contributed by atoms with E-state index in [1.165, 1.54) is 32.1 Å². The highest BCUT2D eigenvalue weighted by molar-refractivity contribution is 5.88. The fourth-order valence-corrected chi connectivity index (χ4v) is 4.10. The highest BCUT2D eigenvalue weighted by atomic mass is 15.3. The fourth-order valence-electron chi connectivity index (χ4n) is 4.10. The summed E-state index contributed by atoms with van der Waals surface area (Å²) in [5, 5.41) is 4.20. The Labute approximate surface area is 171 Å². The van der Waals surface area contributed by atoms with Gasteiger partial charge < -0.3 is 5.73 Å². The number of aryl methyl sites for hydroxylation is 1. The van der Waals surface area contributed by atoms with E-state index in [-0.39, 0.29) is 5.95 Å². The van der Waals surface area contributed by atoms with Crippen LogP contribution in [0.3, 0.4) is 0 Å². The highest BCUT2D eigenvalue weighted by Crippen LogP contribution is 2.34. The molecule has 1 aromatic carbocycles. The highest BCUT2D eigenvalue weighted by Gasteiger charge is 2.20. The van der Waals surface area contributed by atoms with Crippen molar-refractivity contribution in [2.45, 2.75) is 52.9 Å². The predicted molar refractivity (Wildman–Crippen MR) is 118 cm³/mol. The Kier molecular flexibility index (Phi) is 5.18. The molecule has 5 rings (SSSR count). The summed E-state index contributed by atoms with van der Waals surface area (Å²) in [6.07, 6.45) is 12.6. The minimum absolute atomic E-state index is 0.270. The number of nitrogen functional groups attached to an aromatic ring is 1. The van der Waals surface area contributed by atoms with Gasteiger partial charge in [-0.2, -0.15) is 0 Å². The maximum atomic E-state index is 5.69. The van der Waals surface area contributed by atoms with Crippen LogP contribution in [0.1, 0.15) is 51.6 Å². The average Bonchev–Trinajstić information content (AvgIpc) is 3.12. The molecule has 1 aliphatic rings. The number of anilines is 1. The topological polar surface area (TPSA) is 82.0 Å². The molecule has 0 unspecified atom stereocenters. The predicted octanol–water partition coefficient (Wildman–Crippen LogP) is 5.21. The van der Waals surface area contributed by atoms with Gasteiger partial charge in [-0.1, -0.05) is 39.2 Å². The first-order valence-corrected chi connectivity index (χ1v) is 10.3. The molecule has 1 aliphatic carbocycles. The molecule has 6 heteroatoms. The summed E-state index contributed by atoms with van der Waals surface area (Å²) >= 11 is 0. The molecule has 0 bridgehead atoms. The summed E-state index contributed by atoms with van der Waals surface area (Å²) in [5.41, 5.74) is 12.0. The van der Waals surface area contributed by atoms with E-state index in [9.17, 15) is 0 Å². The molecule has 3 heterocycles. The molecule has 0 atom stereocenters. The number of hydrogen-bond donors (Lipinski definition) is 1. The smallest absolute Gasteiger partial charge is 0.238 e. The van der Waals surface area contributed by atoms with Crippen LogP contribution in [0.15, 0.2) is 42.9 Å². The van der Waals surface area contributed by atoms with Gasteiger partial charge in [-0.15, -0.1) is 5.10 Å². The van der Waals surface area contributed by atoms with Crippen LogP contribution >= 0.6 is 0 Å². The molecule has 1 fully saturated rings. The molecule has 6 nitrogen and oxygen atoms in total. The fraction of sp³-hybridized carbons (Fsp3) is 0.391. The van der Waals surface area contributed by atoms with E-state index in [0.29, 0.717) is 5.41 Å². The molecule has 0 radical (unpaired) electrons. The normalized spacial score (nSPS) is 15.8. The van der Waals surface area contributed by atoms with Gasteiger partial charge in [-0.25, -0.2) is 9.50 Å². The van der Waals surface area contributed by atoms with E-state index in [4.69, 9.17) is 5.73 Å². The molecule has 0 saturated heterocycles. The van der Waals surface area contributed by atoms with Gasteiger partial charge in [0, 0.05) is 24.2 Å². The minimum atomic E-state index is 0.270. The third kappa shape index (κ3) is 4.21. The van der Waals surface area contributed by atoms with Crippen LogP contribution < -0.4 is 5.73 Å². The van der Waals surface area contributed by atoms with E-state index in [2.05, 4.69) is 33.9 Å². The zero-order valence-corrected chi connectivity index (χ0v) is 17.4. The number of aromatic nitrogens is 5. The number of hydrogen-bond acceptors (Lipinski definition) is 5. The third-order valence-corrected chi connectivity index (χ3v) is 5.69. The van der Waals surface area contributed by atoms with Crippen LogP contribution in [0.5, 0.6) is 0 Å². The number of nitrogens with two attached hydrogens (primary N) is 1. The van der Waals surface area contributed by atoms with Gasteiger partial charge in [0.25, 0.3) is 0 Å². The lowest BCUT2D eigenvalue weighted by Crippen LogP contribution is -2.14. The second-order valence-electron chi connectivity index (χ2n) is 8.56. The van der Waals surface area contributed by atoms with E-state index in [1.807, 2.05) is 37.4 Å². The van der Waals surface area contributed by atoms with Crippen LogP contribution in [0, 0.1) is 12.3 Å². The first kappa shape index (κ1) is 19.3. The lowest BCUT2D eigenvalue weighted by atomic mass is 9.78. The van der Waals surface area contributed by atoms with Gasteiger partial charge in [-0.05, 0) is 48.9 Å². The summed E-state index contributed by atoms with van der Waals surface area (Å²) in [6.45, 7) is 6.69. The van der Waals surface area contributed by atoms with Crippen molar-refractivity contribution < 1.29 is 0 Å². The molecule has 29 heavy (non-hydrogen) atoms. The molecule has 1 saturated carbocycles. The summed E-state index contributed by atoms with van der Waals surface area (Å²) in [7, 11) is 0. The Morgan fingerprint density at radius 2 is 1.69 bits per heavy atom. The molecule has 150 valence electrons. The number of rotatable bonds is 1. The molecule has 2 N–H and O–H groups in total. The quantitative estimate of drug-likeness (QED) is 0.484. The van der Waals surface area contributed by atoms with Crippen molar-refractivity contribution in [3.63, 3.8) is 0 Å². The standard InChI is InChI=1S/C15H12N6.C8H16/c1-9-14-11(4-7-21(14)20-15(16)19-9)10-2-3-12-13(8-10)18-6-5-17-12;1-8(2)6-4-3-5-7-8/h2-8H,1H3,(H2,16,20);3-7H2,1-2H3. The van der Waals surface area contributed by atoms with Gasteiger partial charge in [-0.3, -0.25) is 9.97 Å². The van der Waals surface area contributed by atoms with Crippen molar-refractivity contribution in [3.05, 3.63) is 48.5 Å². The first-order chi connectivity index (χ1) is 13.9. The number of fused-ring (bicyclic) bond motifs is 2. The largest absolute Gasteiger partial charge is 0.367 e. The average molecular weight is 389 g/mol. The lowest BCUT2D eigenvalue weighted by molar-refractivity contribution is 0.244. The van der Waals surface area contributed by atoms with Gasteiger partial charge >= 0.3 is 0 Å². The maximum absolute atomic E-state index is 5.69. The van der Waals surface area contributed by atoms with Crippen molar-refractivity contribution in [1.29, 1.82) is 0 Å². The molecular weight excluding hydrogens is 360 g/mol.